The molecule has 1 saturated heterocycles. The number of hydrogen-bond acceptors (Lipinski definition) is 3. The molecule has 1 aliphatic carbocycles. The van der Waals surface area contributed by atoms with Crippen molar-refractivity contribution in [2.24, 2.45) is 10.8 Å². The SMILES string of the molecule is CC1(C)CC2CC(C)(CN2C(C(=O)O)c2cn(CCC(=O)O)c3cc(Br)ccc23)C1. The summed E-state index contributed by atoms with van der Waals surface area (Å²) in [6.45, 7) is 7.93. The molecule has 2 heterocycles. The maximum atomic E-state index is 12.6. The van der Waals surface area contributed by atoms with Crippen molar-refractivity contribution < 1.29 is 19.8 Å². The molecule has 7 heteroatoms. The van der Waals surface area contributed by atoms with Crippen molar-refractivity contribution in [1.29, 1.82) is 0 Å². The molecular formula is C23H29BrN2O4. The van der Waals surface area contributed by atoms with Gasteiger partial charge in [-0.15, -0.1) is 0 Å². The van der Waals surface area contributed by atoms with Gasteiger partial charge in [-0.2, -0.15) is 0 Å². The van der Waals surface area contributed by atoms with E-state index in [2.05, 4.69) is 41.6 Å². The molecule has 0 radical (unpaired) electrons. The first kappa shape index (κ1) is 21.4. The number of carboxylic acids is 2. The van der Waals surface area contributed by atoms with Gasteiger partial charge in [-0.3, -0.25) is 14.5 Å². The molecule has 1 aromatic heterocycles. The molecule has 2 bridgehead atoms. The molecule has 2 aromatic rings. The minimum absolute atomic E-state index is 0.00787. The molecule has 3 unspecified atom stereocenters. The number of halogens is 1. The van der Waals surface area contributed by atoms with E-state index in [9.17, 15) is 14.7 Å². The normalized spacial score (nSPS) is 26.7. The maximum absolute atomic E-state index is 12.6. The van der Waals surface area contributed by atoms with Gasteiger partial charge in [0.15, 0.2) is 0 Å². The van der Waals surface area contributed by atoms with Gasteiger partial charge < -0.3 is 14.8 Å². The van der Waals surface area contributed by atoms with Crippen LogP contribution < -0.4 is 0 Å². The van der Waals surface area contributed by atoms with E-state index in [4.69, 9.17) is 5.11 Å². The Morgan fingerprint density at radius 2 is 1.97 bits per heavy atom. The molecule has 2 fully saturated rings. The quantitative estimate of drug-likeness (QED) is 0.618. The molecule has 1 saturated carbocycles. The van der Waals surface area contributed by atoms with Crippen molar-refractivity contribution in [2.75, 3.05) is 6.54 Å². The Hall–Kier alpha value is -1.86. The Kier molecular flexibility index (Phi) is 5.26. The van der Waals surface area contributed by atoms with Gasteiger partial charge in [-0.05, 0) is 42.2 Å². The van der Waals surface area contributed by atoms with E-state index in [1.165, 1.54) is 0 Å². The number of nitrogens with zero attached hydrogens (tertiary/aromatic N) is 2. The van der Waals surface area contributed by atoms with Crippen molar-refractivity contribution in [3.05, 3.63) is 34.4 Å². The highest BCUT2D eigenvalue weighted by Crippen LogP contribution is 2.54. The molecule has 162 valence electrons. The molecule has 0 spiro atoms. The minimum atomic E-state index is -0.869. The molecule has 2 N–H and O–H groups in total. The number of carbonyl (C=O) groups is 2. The Morgan fingerprint density at radius 1 is 1.23 bits per heavy atom. The number of likely N-dealkylation sites (tertiary alicyclic amines) is 1. The maximum Gasteiger partial charge on any atom is 0.325 e. The van der Waals surface area contributed by atoms with E-state index >= 15 is 0 Å². The number of rotatable bonds is 6. The summed E-state index contributed by atoms with van der Waals surface area (Å²) in [5.41, 5.74) is 1.95. The summed E-state index contributed by atoms with van der Waals surface area (Å²) in [7, 11) is 0. The number of fused-ring (bicyclic) bond motifs is 3. The van der Waals surface area contributed by atoms with Gasteiger partial charge in [0.1, 0.15) is 6.04 Å². The average molecular weight is 477 g/mol. The lowest BCUT2D eigenvalue weighted by molar-refractivity contribution is -0.144. The second-order valence-corrected chi connectivity index (χ2v) is 11.1. The highest BCUT2D eigenvalue weighted by atomic mass is 79.9. The summed E-state index contributed by atoms with van der Waals surface area (Å²) < 4.78 is 2.77. The van der Waals surface area contributed by atoms with E-state index in [-0.39, 0.29) is 23.3 Å². The number of carboxylic acid groups (broad SMARTS) is 2. The zero-order chi connectivity index (χ0) is 21.8. The molecule has 3 atom stereocenters. The third-order valence-corrected chi connectivity index (χ3v) is 7.25. The van der Waals surface area contributed by atoms with Gasteiger partial charge in [0.25, 0.3) is 0 Å². The third kappa shape index (κ3) is 3.89. The van der Waals surface area contributed by atoms with Crippen LogP contribution in [-0.2, 0) is 16.1 Å². The topological polar surface area (TPSA) is 82.8 Å². The van der Waals surface area contributed by atoms with E-state index < -0.39 is 18.0 Å². The molecule has 0 amide bonds. The van der Waals surface area contributed by atoms with E-state index in [0.717, 1.165) is 46.7 Å². The molecular weight excluding hydrogens is 448 g/mol. The summed E-state index contributed by atoms with van der Waals surface area (Å²) in [4.78, 5) is 25.9. The highest BCUT2D eigenvalue weighted by molar-refractivity contribution is 9.10. The van der Waals surface area contributed by atoms with E-state index in [1.54, 1.807) is 0 Å². The first-order valence-corrected chi connectivity index (χ1v) is 11.3. The van der Waals surface area contributed by atoms with Crippen LogP contribution in [-0.4, -0.2) is 44.2 Å². The zero-order valence-electron chi connectivity index (χ0n) is 17.7. The zero-order valence-corrected chi connectivity index (χ0v) is 19.3. The van der Waals surface area contributed by atoms with Gasteiger partial charge in [0, 0.05) is 46.3 Å². The van der Waals surface area contributed by atoms with Gasteiger partial charge in [-0.1, -0.05) is 42.8 Å². The van der Waals surface area contributed by atoms with Crippen LogP contribution in [0.2, 0.25) is 0 Å². The smallest absolute Gasteiger partial charge is 0.325 e. The lowest BCUT2D eigenvalue weighted by atomic mass is 9.65. The Bertz CT molecular complexity index is 1010. The second-order valence-electron chi connectivity index (χ2n) is 10.2. The Morgan fingerprint density at radius 3 is 2.63 bits per heavy atom. The first-order valence-electron chi connectivity index (χ1n) is 10.5. The van der Waals surface area contributed by atoms with Crippen LogP contribution in [0.1, 0.15) is 58.1 Å². The largest absolute Gasteiger partial charge is 0.481 e. The van der Waals surface area contributed by atoms with Crippen LogP contribution in [0.4, 0.5) is 0 Å². The van der Waals surface area contributed by atoms with Crippen molar-refractivity contribution in [3.8, 4) is 0 Å². The highest BCUT2D eigenvalue weighted by Gasteiger charge is 2.52. The third-order valence-electron chi connectivity index (χ3n) is 6.76. The average Bonchev–Trinajstić information content (AvgIpc) is 3.06. The molecule has 1 aliphatic heterocycles. The Labute approximate surface area is 185 Å². The van der Waals surface area contributed by atoms with Gasteiger partial charge in [-0.25, -0.2) is 0 Å². The number of aryl methyl sites for hydroxylation is 1. The van der Waals surface area contributed by atoms with Crippen LogP contribution in [0.25, 0.3) is 10.9 Å². The first-order chi connectivity index (χ1) is 14.0. The van der Waals surface area contributed by atoms with Gasteiger partial charge >= 0.3 is 11.9 Å². The van der Waals surface area contributed by atoms with E-state index in [1.807, 2.05) is 29.0 Å². The fourth-order valence-electron chi connectivity index (χ4n) is 6.17. The van der Waals surface area contributed by atoms with Crippen LogP contribution >= 0.6 is 15.9 Å². The van der Waals surface area contributed by atoms with Crippen LogP contribution in [0.3, 0.4) is 0 Å². The molecule has 30 heavy (non-hydrogen) atoms. The van der Waals surface area contributed by atoms with Crippen LogP contribution in [0.5, 0.6) is 0 Å². The fourth-order valence-corrected chi connectivity index (χ4v) is 6.52. The molecule has 6 nitrogen and oxygen atoms in total. The lowest BCUT2D eigenvalue weighted by Gasteiger charge is -2.40. The van der Waals surface area contributed by atoms with Crippen LogP contribution in [0, 0.1) is 10.8 Å². The number of hydrogen-bond donors (Lipinski definition) is 2. The van der Waals surface area contributed by atoms with Crippen molar-refractivity contribution in [2.45, 2.75) is 65.1 Å². The fraction of sp³-hybridized carbons (Fsp3) is 0.565. The van der Waals surface area contributed by atoms with Crippen LogP contribution in [0.15, 0.2) is 28.9 Å². The van der Waals surface area contributed by atoms with Crippen molar-refractivity contribution in [3.63, 3.8) is 0 Å². The summed E-state index contributed by atoms with van der Waals surface area (Å²) in [6, 6.07) is 5.30. The summed E-state index contributed by atoms with van der Waals surface area (Å²) in [5, 5.41) is 20.3. The number of benzene rings is 1. The molecule has 2 aliphatic rings. The predicted octanol–water partition coefficient (Wildman–Crippen LogP) is 4.90. The van der Waals surface area contributed by atoms with Gasteiger partial charge in [0.05, 0.1) is 6.42 Å². The lowest BCUT2D eigenvalue weighted by Crippen LogP contribution is -2.39. The monoisotopic (exact) mass is 476 g/mol. The number of aliphatic carboxylic acids is 2. The predicted molar refractivity (Wildman–Crippen MR) is 119 cm³/mol. The van der Waals surface area contributed by atoms with Crippen molar-refractivity contribution in [1.82, 2.24) is 9.47 Å². The molecule has 4 rings (SSSR count). The summed E-state index contributed by atoms with van der Waals surface area (Å²) in [6.07, 6.45) is 4.98. The molecule has 1 aromatic carbocycles. The summed E-state index contributed by atoms with van der Waals surface area (Å²) in [5.74, 6) is -1.71. The minimum Gasteiger partial charge on any atom is -0.481 e. The Balaban J connectivity index is 1.79. The van der Waals surface area contributed by atoms with Crippen molar-refractivity contribution >= 4 is 38.8 Å². The van der Waals surface area contributed by atoms with Gasteiger partial charge in [0.2, 0.25) is 0 Å². The van der Waals surface area contributed by atoms with E-state index in [0.29, 0.717) is 6.54 Å². The second kappa shape index (κ2) is 7.38. The summed E-state index contributed by atoms with van der Waals surface area (Å²) >= 11 is 3.49. The standard InChI is InChI=1S/C23H29BrN2O4/c1-22(2)9-15-10-23(3,12-22)13-26(15)20(21(29)30)17-11-25(7-6-19(27)28)18-8-14(24)4-5-16(17)18/h4-5,8,11,15,20H,6-7,9-10,12-13H2,1-3H3,(H,27,28)(H,29,30). The number of aromatic nitrogens is 1.